The van der Waals surface area contributed by atoms with Crippen molar-refractivity contribution in [1.29, 1.82) is 0 Å². The molecule has 0 radical (unpaired) electrons. The van der Waals surface area contributed by atoms with Crippen LogP contribution in [-0.4, -0.2) is 34.7 Å². The van der Waals surface area contributed by atoms with Crippen LogP contribution in [0.4, 0.5) is 5.82 Å². The number of aromatic nitrogens is 3. The van der Waals surface area contributed by atoms with Crippen LogP contribution in [0.5, 0.6) is 0 Å². The lowest BCUT2D eigenvalue weighted by molar-refractivity contribution is 0.594. The van der Waals surface area contributed by atoms with Crippen molar-refractivity contribution in [2.75, 3.05) is 11.1 Å². The number of sulfone groups is 1. The predicted octanol–water partition coefficient (Wildman–Crippen LogP) is 2.75. The molecule has 8 heteroatoms. The first-order chi connectivity index (χ1) is 13.4. The Balaban J connectivity index is 1.81. The molecule has 0 amide bonds. The molecule has 1 saturated carbocycles. The van der Waals surface area contributed by atoms with E-state index >= 15 is 0 Å². The Morgan fingerprint density at radius 2 is 1.93 bits per heavy atom. The van der Waals surface area contributed by atoms with Crippen molar-refractivity contribution in [1.82, 2.24) is 14.5 Å². The fraction of sp³-hybridized carbons (Fsp3) is 0.350. The maximum absolute atomic E-state index is 12.6. The van der Waals surface area contributed by atoms with Gasteiger partial charge in [-0.15, -0.1) is 0 Å². The Hall–Kier alpha value is -2.74. The molecule has 4 rings (SSSR count). The lowest BCUT2D eigenvalue weighted by Gasteiger charge is -2.11. The van der Waals surface area contributed by atoms with Crippen molar-refractivity contribution in [2.45, 2.75) is 37.1 Å². The van der Waals surface area contributed by atoms with E-state index in [1.54, 1.807) is 37.4 Å². The molecule has 0 aliphatic heterocycles. The maximum Gasteiger partial charge on any atom is 0.264 e. The van der Waals surface area contributed by atoms with Gasteiger partial charge in [-0.05, 0) is 37.5 Å². The molecule has 2 heterocycles. The first-order valence-corrected chi connectivity index (χ1v) is 11.0. The van der Waals surface area contributed by atoms with Gasteiger partial charge in [0.15, 0.2) is 9.84 Å². The highest BCUT2D eigenvalue weighted by Crippen LogP contribution is 2.30. The first kappa shape index (κ1) is 18.6. The molecule has 0 saturated heterocycles. The van der Waals surface area contributed by atoms with Crippen LogP contribution >= 0.6 is 0 Å². The summed E-state index contributed by atoms with van der Waals surface area (Å²) >= 11 is 0. The number of nitrogens with one attached hydrogen (secondary N) is 1. The van der Waals surface area contributed by atoms with Gasteiger partial charge < -0.3 is 9.88 Å². The molecule has 1 fully saturated rings. The van der Waals surface area contributed by atoms with Crippen LogP contribution in [0.15, 0.2) is 46.3 Å². The molecular formula is C20H22N4O3S. The van der Waals surface area contributed by atoms with Gasteiger partial charge in [-0.3, -0.25) is 4.79 Å². The number of fused-ring (bicyclic) bond motifs is 1. The number of benzene rings is 1. The monoisotopic (exact) mass is 398 g/mol. The van der Waals surface area contributed by atoms with Crippen LogP contribution in [0.3, 0.4) is 0 Å². The van der Waals surface area contributed by atoms with Crippen LogP contribution in [0.25, 0.3) is 22.2 Å². The van der Waals surface area contributed by atoms with Crippen LogP contribution in [0.1, 0.15) is 26.2 Å². The van der Waals surface area contributed by atoms with E-state index in [0.717, 1.165) is 18.4 Å². The summed E-state index contributed by atoms with van der Waals surface area (Å²) < 4.78 is 25.9. The van der Waals surface area contributed by atoms with Crippen LogP contribution in [0.2, 0.25) is 0 Å². The SMILES string of the molecule is CCCS(=O)(=O)c1ccc(-c2cc3ncn(C)c(=O)c3c(NC3CC3)n2)cc1. The molecular weight excluding hydrogens is 376 g/mol. The smallest absolute Gasteiger partial charge is 0.264 e. The van der Waals surface area contributed by atoms with Gasteiger partial charge in [-0.1, -0.05) is 19.1 Å². The van der Waals surface area contributed by atoms with Crippen molar-refractivity contribution < 1.29 is 8.42 Å². The van der Waals surface area contributed by atoms with E-state index in [1.807, 2.05) is 6.92 Å². The van der Waals surface area contributed by atoms with Gasteiger partial charge in [0.2, 0.25) is 0 Å². The summed E-state index contributed by atoms with van der Waals surface area (Å²) in [4.78, 5) is 22.0. The van der Waals surface area contributed by atoms with Gasteiger partial charge in [0.05, 0.1) is 28.2 Å². The largest absolute Gasteiger partial charge is 0.367 e. The van der Waals surface area contributed by atoms with Gasteiger partial charge in [-0.25, -0.2) is 18.4 Å². The van der Waals surface area contributed by atoms with Crippen molar-refractivity contribution in [3.8, 4) is 11.3 Å². The molecule has 0 spiro atoms. The van der Waals surface area contributed by atoms with Crippen molar-refractivity contribution >= 4 is 26.6 Å². The zero-order valence-corrected chi connectivity index (χ0v) is 16.7. The first-order valence-electron chi connectivity index (χ1n) is 9.35. The molecule has 1 aromatic carbocycles. The third-order valence-corrected chi connectivity index (χ3v) is 6.74. The zero-order chi connectivity index (χ0) is 19.9. The normalized spacial score (nSPS) is 14.4. The highest BCUT2D eigenvalue weighted by atomic mass is 32.2. The summed E-state index contributed by atoms with van der Waals surface area (Å²) in [5.74, 6) is 0.662. The molecule has 1 aliphatic carbocycles. The molecule has 3 aromatic rings. The molecule has 7 nitrogen and oxygen atoms in total. The number of hydrogen-bond donors (Lipinski definition) is 1. The Morgan fingerprint density at radius 3 is 2.57 bits per heavy atom. The topological polar surface area (TPSA) is 94.0 Å². The lowest BCUT2D eigenvalue weighted by Crippen LogP contribution is -2.19. The van der Waals surface area contributed by atoms with E-state index in [0.29, 0.717) is 39.8 Å². The van der Waals surface area contributed by atoms with Crippen molar-refractivity contribution in [3.05, 3.63) is 47.0 Å². The Labute approximate surface area is 163 Å². The molecule has 0 bridgehead atoms. The molecule has 28 heavy (non-hydrogen) atoms. The van der Waals surface area contributed by atoms with Crippen LogP contribution < -0.4 is 10.9 Å². The second-order valence-corrected chi connectivity index (χ2v) is 9.28. The molecule has 1 N–H and O–H groups in total. The standard InChI is InChI=1S/C20H22N4O3S/c1-3-10-28(26,27)15-8-4-13(5-9-15)16-11-17-18(20(25)24(2)12-21-17)19(23-16)22-14-6-7-14/h4-5,8-9,11-12,14H,3,6-7,10H2,1-2H3,(H,22,23). The van der Waals surface area contributed by atoms with E-state index in [4.69, 9.17) is 0 Å². The minimum absolute atomic E-state index is 0.128. The zero-order valence-electron chi connectivity index (χ0n) is 15.8. The van der Waals surface area contributed by atoms with E-state index in [9.17, 15) is 13.2 Å². The third kappa shape index (κ3) is 3.52. The number of pyridine rings is 1. The third-order valence-electron chi connectivity index (χ3n) is 4.80. The lowest BCUT2D eigenvalue weighted by atomic mass is 10.1. The van der Waals surface area contributed by atoms with Crippen molar-refractivity contribution in [2.24, 2.45) is 7.05 Å². The highest BCUT2D eigenvalue weighted by molar-refractivity contribution is 7.91. The van der Waals surface area contributed by atoms with Gasteiger partial charge in [0, 0.05) is 18.7 Å². The summed E-state index contributed by atoms with van der Waals surface area (Å²) in [6.45, 7) is 1.84. The fourth-order valence-electron chi connectivity index (χ4n) is 3.11. The molecule has 0 unspecified atom stereocenters. The van der Waals surface area contributed by atoms with Gasteiger partial charge in [-0.2, -0.15) is 0 Å². The van der Waals surface area contributed by atoms with Gasteiger partial charge >= 0.3 is 0 Å². The fourth-order valence-corrected chi connectivity index (χ4v) is 4.44. The number of anilines is 1. The number of rotatable bonds is 6. The molecule has 1 aliphatic rings. The minimum Gasteiger partial charge on any atom is -0.367 e. The molecule has 0 atom stereocenters. The average Bonchev–Trinajstić information content (AvgIpc) is 3.48. The van der Waals surface area contributed by atoms with E-state index in [2.05, 4.69) is 15.3 Å². The number of aryl methyl sites for hydroxylation is 1. The van der Waals surface area contributed by atoms with E-state index in [-0.39, 0.29) is 11.3 Å². The van der Waals surface area contributed by atoms with E-state index < -0.39 is 9.84 Å². The summed E-state index contributed by atoms with van der Waals surface area (Å²) in [5, 5.41) is 3.80. The van der Waals surface area contributed by atoms with E-state index in [1.165, 1.54) is 10.9 Å². The summed E-state index contributed by atoms with van der Waals surface area (Å²) in [7, 11) is -1.59. The second kappa shape index (κ2) is 7.01. The van der Waals surface area contributed by atoms with Gasteiger partial charge in [0.25, 0.3) is 5.56 Å². The van der Waals surface area contributed by atoms with Gasteiger partial charge in [0.1, 0.15) is 11.2 Å². The summed E-state index contributed by atoms with van der Waals surface area (Å²) in [6, 6.07) is 8.81. The summed E-state index contributed by atoms with van der Waals surface area (Å²) in [5.41, 5.74) is 1.85. The minimum atomic E-state index is -3.26. The Bertz CT molecular complexity index is 1200. The predicted molar refractivity (Wildman–Crippen MR) is 109 cm³/mol. The highest BCUT2D eigenvalue weighted by Gasteiger charge is 2.24. The number of hydrogen-bond acceptors (Lipinski definition) is 6. The Morgan fingerprint density at radius 1 is 1.21 bits per heavy atom. The summed E-state index contributed by atoms with van der Waals surface area (Å²) in [6.07, 6.45) is 4.18. The van der Waals surface area contributed by atoms with Crippen LogP contribution in [-0.2, 0) is 16.9 Å². The number of nitrogens with zero attached hydrogens (tertiary/aromatic N) is 3. The van der Waals surface area contributed by atoms with Crippen LogP contribution in [0, 0.1) is 0 Å². The maximum atomic E-state index is 12.6. The molecule has 146 valence electrons. The Kier molecular flexibility index (Phi) is 4.66. The average molecular weight is 398 g/mol. The molecule has 2 aromatic heterocycles. The van der Waals surface area contributed by atoms with Crippen molar-refractivity contribution in [3.63, 3.8) is 0 Å². The quantitative estimate of drug-likeness (QED) is 0.686. The second-order valence-electron chi connectivity index (χ2n) is 7.17.